The number of aliphatic hydroxyl groups is 1. The van der Waals surface area contributed by atoms with Gasteiger partial charge in [-0.1, -0.05) is 12.1 Å². The smallest absolute Gasteiger partial charge is 0.325 e. The van der Waals surface area contributed by atoms with E-state index in [1.807, 2.05) is 49.9 Å². The highest BCUT2D eigenvalue weighted by molar-refractivity contribution is 6.03. The first-order valence-electron chi connectivity index (χ1n) is 9.90. The van der Waals surface area contributed by atoms with Crippen molar-refractivity contribution in [1.29, 1.82) is 0 Å². The number of aryl methyl sites for hydroxylation is 1. The van der Waals surface area contributed by atoms with Crippen molar-refractivity contribution in [2.24, 2.45) is 4.99 Å². The fraction of sp³-hybridized carbons (Fsp3) is 0.550. The molecule has 0 saturated carbocycles. The summed E-state index contributed by atoms with van der Waals surface area (Å²) in [5, 5.41) is 13.0. The highest BCUT2D eigenvalue weighted by Gasteiger charge is 2.49. The summed E-state index contributed by atoms with van der Waals surface area (Å²) < 4.78 is 5.71. The fourth-order valence-corrected chi connectivity index (χ4v) is 3.65. The molecule has 2 heterocycles. The van der Waals surface area contributed by atoms with Crippen LogP contribution < -0.4 is 10.1 Å². The van der Waals surface area contributed by atoms with Gasteiger partial charge in [0.15, 0.2) is 18.2 Å². The first kappa shape index (κ1) is 20.9. The topological polar surface area (TPSA) is 97.7 Å². The number of carbonyl (C=O) groups excluding carboxylic acids is 2. The number of aliphatic hydroxyl groups excluding tert-OH is 1. The Hall–Kier alpha value is -2.81. The molecule has 3 rings (SSSR count). The van der Waals surface area contributed by atoms with Crippen LogP contribution in [0.25, 0.3) is 0 Å². The molecule has 1 aromatic rings. The number of guanidine groups is 1. The maximum Gasteiger partial charge on any atom is 0.325 e. The molecule has 9 nitrogen and oxygen atoms in total. The van der Waals surface area contributed by atoms with Crippen LogP contribution in [-0.2, 0) is 4.79 Å². The maximum absolute atomic E-state index is 12.6. The van der Waals surface area contributed by atoms with E-state index in [4.69, 9.17) is 4.74 Å². The zero-order valence-electron chi connectivity index (χ0n) is 17.3. The van der Waals surface area contributed by atoms with Crippen LogP contribution in [0.3, 0.4) is 0 Å². The van der Waals surface area contributed by atoms with Crippen molar-refractivity contribution in [2.75, 3.05) is 33.3 Å². The number of likely N-dealkylation sites (N-methyl/N-ethyl adjacent to an activating group) is 1. The Morgan fingerprint density at radius 1 is 1.31 bits per heavy atom. The number of rotatable bonds is 7. The quantitative estimate of drug-likeness (QED) is 0.693. The van der Waals surface area contributed by atoms with Crippen LogP contribution >= 0.6 is 0 Å². The summed E-state index contributed by atoms with van der Waals surface area (Å²) in [6.07, 6.45) is -1.46. The third-order valence-electron chi connectivity index (χ3n) is 5.22. The largest absolute Gasteiger partial charge is 0.491 e. The number of hydrogen-bond donors (Lipinski definition) is 2. The van der Waals surface area contributed by atoms with E-state index in [0.29, 0.717) is 24.8 Å². The van der Waals surface area contributed by atoms with Crippen LogP contribution in [0, 0.1) is 6.92 Å². The molecule has 0 aliphatic carbocycles. The molecule has 3 atom stereocenters. The summed E-state index contributed by atoms with van der Waals surface area (Å²) in [7, 11) is 1.61. The molecule has 0 bridgehead atoms. The molecular formula is C20H29N5O4. The van der Waals surface area contributed by atoms with Crippen molar-refractivity contribution >= 4 is 17.9 Å². The van der Waals surface area contributed by atoms with Crippen molar-refractivity contribution in [3.63, 3.8) is 0 Å². The van der Waals surface area contributed by atoms with Crippen LogP contribution in [0.4, 0.5) is 4.79 Å². The highest BCUT2D eigenvalue weighted by Crippen LogP contribution is 2.25. The van der Waals surface area contributed by atoms with E-state index in [1.165, 1.54) is 4.90 Å². The number of aliphatic imine (C=N–C) groups is 1. The lowest BCUT2D eigenvalue weighted by Crippen LogP contribution is -2.65. The third kappa shape index (κ3) is 4.29. The second kappa shape index (κ2) is 8.69. The summed E-state index contributed by atoms with van der Waals surface area (Å²) in [6.45, 7) is 7.61. The van der Waals surface area contributed by atoms with Gasteiger partial charge in [-0.2, -0.15) is 0 Å². The van der Waals surface area contributed by atoms with E-state index >= 15 is 0 Å². The van der Waals surface area contributed by atoms with Gasteiger partial charge in [-0.15, -0.1) is 0 Å². The van der Waals surface area contributed by atoms with Crippen molar-refractivity contribution in [3.8, 4) is 5.75 Å². The minimum absolute atomic E-state index is 0.0826. The number of hydrogen-bond acceptors (Lipinski definition) is 7. The van der Waals surface area contributed by atoms with Crippen LogP contribution in [0.15, 0.2) is 29.3 Å². The minimum Gasteiger partial charge on any atom is -0.491 e. The van der Waals surface area contributed by atoms with Crippen molar-refractivity contribution in [3.05, 3.63) is 29.8 Å². The van der Waals surface area contributed by atoms with Crippen LogP contribution in [0.1, 0.15) is 19.4 Å². The van der Waals surface area contributed by atoms with Gasteiger partial charge in [0.2, 0.25) is 0 Å². The van der Waals surface area contributed by atoms with E-state index in [1.54, 1.807) is 11.9 Å². The predicted octanol–water partition coefficient (Wildman–Crippen LogP) is 0.624. The van der Waals surface area contributed by atoms with Gasteiger partial charge in [-0.25, -0.2) is 9.79 Å². The third-order valence-corrected chi connectivity index (χ3v) is 5.22. The summed E-state index contributed by atoms with van der Waals surface area (Å²) in [5.41, 5.74) is 1.07. The van der Waals surface area contributed by atoms with Crippen molar-refractivity contribution < 1.29 is 19.4 Å². The summed E-state index contributed by atoms with van der Waals surface area (Å²) >= 11 is 0. The lowest BCUT2D eigenvalue weighted by molar-refractivity contribution is -0.127. The second-order valence-electron chi connectivity index (χ2n) is 7.30. The Kier molecular flexibility index (Phi) is 6.26. The number of imide groups is 1. The highest BCUT2D eigenvalue weighted by atomic mass is 16.5. The van der Waals surface area contributed by atoms with Gasteiger partial charge < -0.3 is 24.5 Å². The van der Waals surface area contributed by atoms with Crippen molar-refractivity contribution in [1.82, 2.24) is 20.0 Å². The molecule has 2 aliphatic rings. The molecule has 9 heteroatoms. The average molecular weight is 403 g/mol. The number of nitrogens with zero attached hydrogens (tertiary/aromatic N) is 4. The molecule has 2 aliphatic heterocycles. The van der Waals surface area contributed by atoms with E-state index in [-0.39, 0.29) is 13.2 Å². The van der Waals surface area contributed by atoms with Gasteiger partial charge in [0.1, 0.15) is 18.5 Å². The molecule has 0 spiro atoms. The number of nitrogens with one attached hydrogen (secondary N) is 1. The molecule has 29 heavy (non-hydrogen) atoms. The van der Waals surface area contributed by atoms with Gasteiger partial charge in [0, 0.05) is 20.1 Å². The van der Waals surface area contributed by atoms with E-state index in [9.17, 15) is 14.7 Å². The number of ether oxygens (including phenoxy) is 1. The lowest BCUT2D eigenvalue weighted by Gasteiger charge is -2.38. The lowest BCUT2D eigenvalue weighted by atomic mass is 10.1. The molecule has 0 radical (unpaired) electrons. The second-order valence-corrected chi connectivity index (χ2v) is 7.30. The number of amides is 3. The molecule has 158 valence electrons. The Balaban J connectivity index is 1.76. The first-order chi connectivity index (χ1) is 13.8. The number of fused-ring (bicyclic) bond motifs is 1. The predicted molar refractivity (Wildman–Crippen MR) is 109 cm³/mol. The number of β-amino-alcohol motifs (C(OH)–C–C–N with tert-alkyl or cyclic N) is 1. The molecular weight excluding hydrogens is 374 g/mol. The molecule has 0 aromatic heterocycles. The molecule has 3 unspecified atom stereocenters. The summed E-state index contributed by atoms with van der Waals surface area (Å²) in [5.74, 6) is 0.883. The Labute approximate surface area is 170 Å². The Morgan fingerprint density at radius 2 is 2.03 bits per heavy atom. The van der Waals surface area contributed by atoms with Crippen molar-refractivity contribution in [2.45, 2.75) is 39.1 Å². The Morgan fingerprint density at radius 3 is 2.69 bits per heavy atom. The van der Waals surface area contributed by atoms with E-state index in [2.05, 4.69) is 10.3 Å². The molecule has 3 amide bonds. The summed E-state index contributed by atoms with van der Waals surface area (Å²) in [6, 6.07) is 6.46. The van der Waals surface area contributed by atoms with E-state index < -0.39 is 30.2 Å². The zero-order chi connectivity index (χ0) is 21.1. The molecule has 1 fully saturated rings. The average Bonchev–Trinajstić information content (AvgIpc) is 3.05. The number of carbonyl (C=O) groups is 2. The standard InChI is InChI=1S/C20H29N5O4/c1-5-24(6-2)19-21-17-16(18(27)22-20(28)23(17)4)25(19)11-14(26)12-29-15-9-7-8-13(3)10-15/h7-10,14,16-17,26H,5-6,11-12H2,1-4H3,(H,22,27,28). The van der Waals surface area contributed by atoms with Gasteiger partial charge in [0.05, 0.1) is 6.54 Å². The summed E-state index contributed by atoms with van der Waals surface area (Å²) in [4.78, 5) is 34.5. The maximum atomic E-state index is 12.6. The van der Waals surface area contributed by atoms with Crippen LogP contribution in [0.2, 0.25) is 0 Å². The van der Waals surface area contributed by atoms with Crippen LogP contribution in [0.5, 0.6) is 5.75 Å². The number of urea groups is 1. The van der Waals surface area contributed by atoms with Gasteiger partial charge in [-0.05, 0) is 38.5 Å². The molecule has 1 saturated heterocycles. The molecule has 1 aromatic carbocycles. The van der Waals surface area contributed by atoms with Gasteiger partial charge >= 0.3 is 6.03 Å². The monoisotopic (exact) mass is 403 g/mol. The SMILES string of the molecule is CCN(CC)C1=NC2C(C(=O)NC(=O)N2C)N1CC(O)COc1cccc(C)c1. The normalized spacial score (nSPS) is 22.2. The van der Waals surface area contributed by atoms with Crippen LogP contribution in [-0.4, -0.2) is 89.3 Å². The zero-order valence-corrected chi connectivity index (χ0v) is 17.3. The fourth-order valence-electron chi connectivity index (χ4n) is 3.65. The van der Waals surface area contributed by atoms with Gasteiger partial charge in [-0.3, -0.25) is 10.1 Å². The molecule has 2 N–H and O–H groups in total. The minimum atomic E-state index is -0.842. The van der Waals surface area contributed by atoms with E-state index in [0.717, 1.165) is 5.56 Å². The first-order valence-corrected chi connectivity index (χ1v) is 9.90. The van der Waals surface area contributed by atoms with Gasteiger partial charge in [0.25, 0.3) is 5.91 Å². The number of benzene rings is 1. The Bertz CT molecular complexity index is 795.